The lowest BCUT2D eigenvalue weighted by atomic mass is 10.0. The molecule has 36 heavy (non-hydrogen) atoms. The van der Waals surface area contributed by atoms with E-state index in [1.54, 1.807) is 0 Å². The van der Waals surface area contributed by atoms with E-state index < -0.39 is 0 Å². The largest absolute Gasteiger partial charge is 0.342 e. The lowest BCUT2D eigenvalue weighted by Crippen LogP contribution is -2.30. The molecular formula is C29H26BrN5O. The topological polar surface area (TPSA) is 66.8 Å². The van der Waals surface area contributed by atoms with Gasteiger partial charge >= 0.3 is 0 Å². The van der Waals surface area contributed by atoms with Gasteiger partial charge in [-0.25, -0.2) is 4.98 Å². The van der Waals surface area contributed by atoms with Crippen LogP contribution >= 0.6 is 15.9 Å². The van der Waals surface area contributed by atoms with E-state index in [0.717, 1.165) is 87.8 Å². The van der Waals surface area contributed by atoms with Crippen molar-refractivity contribution >= 4 is 43.8 Å². The highest BCUT2D eigenvalue weighted by Crippen LogP contribution is 2.35. The minimum atomic E-state index is 0.289. The van der Waals surface area contributed by atoms with Crippen LogP contribution in [0.5, 0.6) is 0 Å². The van der Waals surface area contributed by atoms with E-state index in [2.05, 4.69) is 90.2 Å². The molecule has 0 unspecified atom stereocenters. The number of aromatic nitrogens is 4. The molecule has 6 nitrogen and oxygen atoms in total. The molecule has 7 rings (SSSR count). The van der Waals surface area contributed by atoms with Gasteiger partial charge in [0.1, 0.15) is 11.3 Å². The number of likely N-dealkylation sites (tertiary alicyclic amines) is 1. The smallest absolute Gasteiger partial charge is 0.225 e. The second kappa shape index (κ2) is 8.59. The highest BCUT2D eigenvalue weighted by atomic mass is 79.9. The van der Waals surface area contributed by atoms with Crippen molar-refractivity contribution in [3.05, 3.63) is 71.3 Å². The number of amides is 1. The summed E-state index contributed by atoms with van der Waals surface area (Å²) in [6.07, 6.45) is 5.02. The number of nitrogens with one attached hydrogen (secondary N) is 1. The number of benzene rings is 3. The summed E-state index contributed by atoms with van der Waals surface area (Å²) in [7, 11) is 0. The van der Waals surface area contributed by atoms with Gasteiger partial charge in [-0.2, -0.15) is 5.10 Å². The SMILES string of the molecule is O=C(C1CC1)N1CC[C@@H](Cn2c(-c3ccc(-c4ccc5cn[nH]c5c4)cc3)nc3c(Br)cccc32)C1. The quantitative estimate of drug-likeness (QED) is 0.286. The molecule has 1 saturated carbocycles. The molecule has 2 fully saturated rings. The molecule has 3 aromatic carbocycles. The molecule has 0 spiro atoms. The van der Waals surface area contributed by atoms with Crippen LogP contribution in [0.25, 0.3) is 44.5 Å². The minimum absolute atomic E-state index is 0.289. The summed E-state index contributed by atoms with van der Waals surface area (Å²) in [6, 6.07) is 21.3. The third-order valence-corrected chi connectivity index (χ3v) is 8.25. The van der Waals surface area contributed by atoms with Gasteiger partial charge in [0.2, 0.25) is 5.91 Å². The summed E-state index contributed by atoms with van der Waals surface area (Å²) in [5.41, 5.74) is 6.54. The zero-order valence-electron chi connectivity index (χ0n) is 19.8. The summed E-state index contributed by atoms with van der Waals surface area (Å²) in [5.74, 6) is 2.05. The van der Waals surface area contributed by atoms with Crippen molar-refractivity contribution in [3.63, 3.8) is 0 Å². The van der Waals surface area contributed by atoms with Gasteiger partial charge in [0.25, 0.3) is 0 Å². The zero-order chi connectivity index (χ0) is 24.2. The van der Waals surface area contributed by atoms with Crippen LogP contribution in [-0.2, 0) is 11.3 Å². The molecular weight excluding hydrogens is 514 g/mol. The molecule has 1 amide bonds. The minimum Gasteiger partial charge on any atom is -0.342 e. The maximum Gasteiger partial charge on any atom is 0.225 e. The van der Waals surface area contributed by atoms with E-state index in [1.807, 2.05) is 12.3 Å². The van der Waals surface area contributed by atoms with Crippen molar-refractivity contribution in [2.75, 3.05) is 13.1 Å². The Kier molecular flexibility index (Phi) is 5.20. The van der Waals surface area contributed by atoms with Crippen molar-refractivity contribution < 1.29 is 4.79 Å². The number of halogens is 1. The first-order chi connectivity index (χ1) is 17.6. The summed E-state index contributed by atoms with van der Waals surface area (Å²) in [6.45, 7) is 2.58. The number of carbonyl (C=O) groups is 1. The van der Waals surface area contributed by atoms with Crippen LogP contribution in [0.3, 0.4) is 0 Å². The highest BCUT2D eigenvalue weighted by Gasteiger charge is 2.36. The molecule has 1 saturated heterocycles. The van der Waals surface area contributed by atoms with Crippen LogP contribution in [0.1, 0.15) is 19.3 Å². The van der Waals surface area contributed by atoms with Crippen LogP contribution in [0.15, 0.2) is 71.3 Å². The number of carbonyl (C=O) groups excluding carboxylic acids is 1. The molecule has 1 aliphatic heterocycles. The van der Waals surface area contributed by atoms with Gasteiger partial charge in [-0.1, -0.05) is 42.5 Å². The van der Waals surface area contributed by atoms with Crippen molar-refractivity contribution in [1.82, 2.24) is 24.6 Å². The first kappa shape index (κ1) is 21.8. The Morgan fingerprint density at radius 2 is 1.81 bits per heavy atom. The van der Waals surface area contributed by atoms with E-state index in [4.69, 9.17) is 4.98 Å². The molecule has 0 radical (unpaired) electrons. The fourth-order valence-corrected chi connectivity index (χ4v) is 5.92. The van der Waals surface area contributed by atoms with Gasteiger partial charge in [0.15, 0.2) is 0 Å². The van der Waals surface area contributed by atoms with Gasteiger partial charge < -0.3 is 9.47 Å². The van der Waals surface area contributed by atoms with Crippen LogP contribution in [0.4, 0.5) is 0 Å². The van der Waals surface area contributed by atoms with Crippen LogP contribution < -0.4 is 0 Å². The van der Waals surface area contributed by atoms with Crippen LogP contribution in [-0.4, -0.2) is 43.6 Å². The number of para-hydroxylation sites is 1. The van der Waals surface area contributed by atoms with Crippen LogP contribution in [0, 0.1) is 11.8 Å². The Morgan fingerprint density at radius 1 is 1.00 bits per heavy atom. The van der Waals surface area contributed by atoms with Gasteiger partial charge in [0, 0.05) is 41.0 Å². The molecule has 180 valence electrons. The average molecular weight is 540 g/mol. The number of fused-ring (bicyclic) bond motifs is 2. The molecule has 7 heteroatoms. The van der Waals surface area contributed by atoms with Crippen LogP contribution in [0.2, 0.25) is 0 Å². The maximum absolute atomic E-state index is 12.6. The molecule has 1 N–H and O–H groups in total. The number of hydrogen-bond donors (Lipinski definition) is 1. The predicted octanol–water partition coefficient (Wildman–Crippen LogP) is 6.27. The third-order valence-electron chi connectivity index (χ3n) is 7.61. The number of imidazole rings is 1. The first-order valence-electron chi connectivity index (χ1n) is 12.6. The first-order valence-corrected chi connectivity index (χ1v) is 13.4. The third kappa shape index (κ3) is 3.82. The van der Waals surface area contributed by atoms with Gasteiger partial charge in [0.05, 0.1) is 17.2 Å². The molecule has 0 bridgehead atoms. The number of hydrogen-bond acceptors (Lipinski definition) is 3. The second-order valence-corrected chi connectivity index (χ2v) is 11.0. The van der Waals surface area contributed by atoms with E-state index in [0.29, 0.717) is 11.8 Å². The zero-order valence-corrected chi connectivity index (χ0v) is 21.4. The Bertz CT molecular complexity index is 1600. The van der Waals surface area contributed by atoms with E-state index in [1.165, 1.54) is 0 Å². The van der Waals surface area contributed by atoms with Crippen molar-refractivity contribution in [2.24, 2.45) is 11.8 Å². The summed E-state index contributed by atoms with van der Waals surface area (Å²) in [5, 5.41) is 8.30. The van der Waals surface area contributed by atoms with E-state index in [-0.39, 0.29) is 5.92 Å². The van der Waals surface area contributed by atoms with Crippen molar-refractivity contribution in [1.29, 1.82) is 0 Å². The maximum atomic E-state index is 12.6. The van der Waals surface area contributed by atoms with E-state index >= 15 is 0 Å². The lowest BCUT2D eigenvalue weighted by Gasteiger charge is -2.18. The standard InChI is InChI=1S/C29H26BrN5O/c30-24-2-1-3-26-27(24)32-28(35(26)17-18-12-13-34(16-18)29(36)21-8-9-21)20-6-4-19(5-7-20)22-10-11-23-15-31-33-25(23)14-22/h1-7,10-11,14-15,18,21H,8-9,12-13,16-17H2,(H,31,33)/t18-/m1/s1. The summed E-state index contributed by atoms with van der Waals surface area (Å²) < 4.78 is 3.35. The lowest BCUT2D eigenvalue weighted by molar-refractivity contribution is -0.131. The molecule has 1 atom stereocenters. The number of nitrogens with zero attached hydrogens (tertiary/aromatic N) is 4. The molecule has 1 aliphatic carbocycles. The van der Waals surface area contributed by atoms with Gasteiger partial charge in [-0.05, 0) is 70.4 Å². The van der Waals surface area contributed by atoms with E-state index in [9.17, 15) is 4.79 Å². The molecule has 2 aliphatic rings. The number of rotatable bonds is 5. The van der Waals surface area contributed by atoms with Crippen molar-refractivity contribution in [3.8, 4) is 22.5 Å². The fraction of sp³-hybridized carbons (Fsp3) is 0.276. The van der Waals surface area contributed by atoms with Gasteiger partial charge in [-0.15, -0.1) is 0 Å². The number of aromatic amines is 1. The Balaban J connectivity index is 1.22. The number of H-pyrrole nitrogens is 1. The Hall–Kier alpha value is -3.45. The normalized spacial score (nSPS) is 17.9. The predicted molar refractivity (Wildman–Crippen MR) is 145 cm³/mol. The van der Waals surface area contributed by atoms with Crippen molar-refractivity contribution in [2.45, 2.75) is 25.8 Å². The average Bonchev–Trinajstić information content (AvgIpc) is 3.30. The molecule has 3 heterocycles. The summed E-state index contributed by atoms with van der Waals surface area (Å²) >= 11 is 3.70. The fourth-order valence-electron chi connectivity index (χ4n) is 5.47. The van der Waals surface area contributed by atoms with Gasteiger partial charge in [-0.3, -0.25) is 9.89 Å². The highest BCUT2D eigenvalue weighted by molar-refractivity contribution is 9.10. The Labute approximate surface area is 217 Å². The molecule has 2 aromatic heterocycles. The molecule has 5 aromatic rings. The summed E-state index contributed by atoms with van der Waals surface area (Å²) in [4.78, 5) is 19.8. The second-order valence-electron chi connectivity index (χ2n) is 10.1. The monoisotopic (exact) mass is 539 g/mol. The Morgan fingerprint density at radius 3 is 2.64 bits per heavy atom.